The molecule has 0 aliphatic carbocycles. The Morgan fingerprint density at radius 1 is 1.43 bits per heavy atom. The average molecular weight is 300 g/mol. The summed E-state index contributed by atoms with van der Waals surface area (Å²) < 4.78 is 4.52. The van der Waals surface area contributed by atoms with Gasteiger partial charge in [0.15, 0.2) is 0 Å². The van der Waals surface area contributed by atoms with Gasteiger partial charge < -0.3 is 20.1 Å². The Hall–Kier alpha value is -1.79. The van der Waals surface area contributed by atoms with Gasteiger partial charge in [-0.1, -0.05) is 13.8 Å². The summed E-state index contributed by atoms with van der Waals surface area (Å²) in [6.45, 7) is 6.10. The second kappa shape index (κ2) is 6.78. The monoisotopic (exact) mass is 300 g/mol. The third-order valence-electron chi connectivity index (χ3n) is 4.33. The normalized spacial score (nSPS) is 21.0. The van der Waals surface area contributed by atoms with Crippen LogP contribution in [0.4, 0.5) is 4.79 Å². The summed E-state index contributed by atoms with van der Waals surface area (Å²) in [5.41, 5.74) is -1.08. The highest BCUT2D eigenvalue weighted by Gasteiger charge is 2.41. The Bertz CT molecular complexity index is 424. The first kappa shape index (κ1) is 17.3. The maximum absolute atomic E-state index is 12.3. The molecule has 0 radical (unpaired) electrons. The van der Waals surface area contributed by atoms with Crippen molar-refractivity contribution in [1.29, 1.82) is 0 Å². The Kier molecular flexibility index (Phi) is 5.57. The molecule has 2 atom stereocenters. The molecule has 120 valence electrons. The number of amides is 2. The van der Waals surface area contributed by atoms with Crippen LogP contribution in [-0.4, -0.2) is 54.2 Å². The molecule has 2 unspecified atom stereocenters. The number of hydrogen-bond acceptors (Lipinski definition) is 4. The molecule has 1 heterocycles. The Morgan fingerprint density at radius 3 is 2.52 bits per heavy atom. The number of carbonyl (C=O) groups is 3. The molecule has 2 N–H and O–H groups in total. The van der Waals surface area contributed by atoms with E-state index in [1.54, 1.807) is 25.7 Å². The average Bonchev–Trinajstić information content (AvgIpc) is 2.86. The van der Waals surface area contributed by atoms with E-state index in [1.807, 2.05) is 0 Å². The van der Waals surface area contributed by atoms with Gasteiger partial charge in [-0.25, -0.2) is 4.79 Å². The second-order valence-electron chi connectivity index (χ2n) is 6.02. The molecular weight excluding hydrogens is 276 g/mol. The molecule has 7 heteroatoms. The number of carboxylic acid groups (broad SMARTS) is 1. The minimum Gasteiger partial charge on any atom is -0.481 e. The molecule has 0 saturated carbocycles. The van der Waals surface area contributed by atoms with Gasteiger partial charge in [0.1, 0.15) is 0 Å². The van der Waals surface area contributed by atoms with Crippen LogP contribution >= 0.6 is 0 Å². The summed E-state index contributed by atoms with van der Waals surface area (Å²) in [4.78, 5) is 36.4. The Morgan fingerprint density at radius 2 is 2.05 bits per heavy atom. The van der Waals surface area contributed by atoms with E-state index in [1.165, 1.54) is 7.11 Å². The topological polar surface area (TPSA) is 95.9 Å². The van der Waals surface area contributed by atoms with Crippen molar-refractivity contribution < 1.29 is 24.2 Å². The largest absolute Gasteiger partial charge is 0.481 e. The van der Waals surface area contributed by atoms with Crippen molar-refractivity contribution in [2.75, 3.05) is 20.2 Å². The lowest BCUT2D eigenvalue weighted by molar-refractivity contribution is -0.155. The summed E-state index contributed by atoms with van der Waals surface area (Å²) in [6.07, 6.45) is 0.0869. The maximum atomic E-state index is 12.3. The number of ether oxygens (including phenoxy) is 1. The molecule has 21 heavy (non-hydrogen) atoms. The predicted molar refractivity (Wildman–Crippen MR) is 75.7 cm³/mol. The van der Waals surface area contributed by atoms with Crippen LogP contribution in [0.5, 0.6) is 0 Å². The van der Waals surface area contributed by atoms with Gasteiger partial charge in [-0.05, 0) is 19.3 Å². The molecule has 0 spiro atoms. The zero-order chi connectivity index (χ0) is 16.2. The van der Waals surface area contributed by atoms with E-state index in [9.17, 15) is 19.5 Å². The molecule has 0 aromatic carbocycles. The highest BCUT2D eigenvalue weighted by Crippen LogP contribution is 2.32. The van der Waals surface area contributed by atoms with Gasteiger partial charge in [0.2, 0.25) is 5.91 Å². The summed E-state index contributed by atoms with van der Waals surface area (Å²) in [6, 6.07) is -0.142. The van der Waals surface area contributed by atoms with Crippen molar-refractivity contribution in [3.05, 3.63) is 0 Å². The quantitative estimate of drug-likeness (QED) is 0.792. The van der Waals surface area contributed by atoms with Gasteiger partial charge in [0.25, 0.3) is 0 Å². The highest BCUT2D eigenvalue weighted by atomic mass is 16.5. The molecular formula is C14H24N2O5. The van der Waals surface area contributed by atoms with Crippen LogP contribution in [0, 0.1) is 11.3 Å². The Labute approximate surface area is 124 Å². The van der Waals surface area contributed by atoms with Crippen LogP contribution in [0.3, 0.4) is 0 Å². The fourth-order valence-corrected chi connectivity index (χ4v) is 2.28. The summed E-state index contributed by atoms with van der Waals surface area (Å²) in [5, 5.41) is 12.0. The number of likely N-dealkylation sites (tertiary alicyclic amines) is 1. The second-order valence-corrected chi connectivity index (χ2v) is 6.02. The lowest BCUT2D eigenvalue weighted by Gasteiger charge is -2.30. The van der Waals surface area contributed by atoms with Crippen molar-refractivity contribution in [3.8, 4) is 0 Å². The Balaban J connectivity index is 2.61. The number of methoxy groups -OCH3 is 1. The van der Waals surface area contributed by atoms with E-state index in [0.29, 0.717) is 19.5 Å². The number of nitrogens with zero attached hydrogens (tertiary/aromatic N) is 1. The van der Waals surface area contributed by atoms with Crippen LogP contribution in [0.15, 0.2) is 0 Å². The number of alkyl carbamates (subject to hydrolysis) is 1. The third-order valence-corrected chi connectivity index (χ3v) is 4.33. The number of carboxylic acids is 1. The van der Waals surface area contributed by atoms with E-state index in [2.05, 4.69) is 10.1 Å². The number of rotatable bonds is 5. The van der Waals surface area contributed by atoms with Gasteiger partial charge in [0.05, 0.1) is 18.6 Å². The molecule has 0 aromatic heterocycles. The van der Waals surface area contributed by atoms with Crippen LogP contribution in [0.2, 0.25) is 0 Å². The fourth-order valence-electron chi connectivity index (χ4n) is 2.28. The third kappa shape index (κ3) is 4.09. The minimum atomic E-state index is -1.08. The van der Waals surface area contributed by atoms with E-state index in [4.69, 9.17) is 0 Å². The van der Waals surface area contributed by atoms with Crippen molar-refractivity contribution in [1.82, 2.24) is 10.2 Å². The summed E-state index contributed by atoms with van der Waals surface area (Å²) in [7, 11) is 1.29. The zero-order valence-electron chi connectivity index (χ0n) is 13.0. The number of carbonyl (C=O) groups excluding carboxylic acids is 2. The van der Waals surface area contributed by atoms with E-state index >= 15 is 0 Å². The van der Waals surface area contributed by atoms with Crippen LogP contribution in [0.25, 0.3) is 0 Å². The van der Waals surface area contributed by atoms with Crippen LogP contribution in [-0.2, 0) is 14.3 Å². The number of nitrogens with one attached hydrogen (secondary N) is 1. The van der Waals surface area contributed by atoms with Gasteiger partial charge in [-0.2, -0.15) is 0 Å². The summed E-state index contributed by atoms with van der Waals surface area (Å²) in [5.74, 6) is -1.30. The van der Waals surface area contributed by atoms with E-state index < -0.39 is 17.5 Å². The van der Waals surface area contributed by atoms with Crippen molar-refractivity contribution in [2.45, 2.75) is 39.7 Å². The predicted octanol–water partition coefficient (Wildman–Crippen LogP) is 1.08. The smallest absolute Gasteiger partial charge is 0.407 e. The SMILES string of the molecule is COC(=O)NC1CCN(C(=O)CC(C)(C(=O)O)C(C)C)C1. The molecule has 0 aromatic rings. The van der Waals surface area contributed by atoms with Crippen LogP contribution < -0.4 is 5.32 Å². The van der Waals surface area contributed by atoms with Gasteiger partial charge in [-0.15, -0.1) is 0 Å². The number of hydrogen-bond donors (Lipinski definition) is 2. The maximum Gasteiger partial charge on any atom is 0.407 e. The number of aliphatic carboxylic acids is 1. The van der Waals surface area contributed by atoms with Gasteiger partial charge >= 0.3 is 12.1 Å². The standard InChI is InChI=1S/C14H24N2O5/c1-9(2)14(3,12(18)19)7-11(17)16-6-5-10(8-16)15-13(20)21-4/h9-10H,5-8H2,1-4H3,(H,15,20)(H,18,19). The minimum absolute atomic E-state index is 0.0368. The first-order chi connectivity index (χ1) is 9.70. The molecule has 1 aliphatic heterocycles. The van der Waals surface area contributed by atoms with Crippen LogP contribution in [0.1, 0.15) is 33.6 Å². The van der Waals surface area contributed by atoms with Gasteiger partial charge in [0, 0.05) is 19.5 Å². The van der Waals surface area contributed by atoms with E-state index in [0.717, 1.165) is 0 Å². The first-order valence-electron chi connectivity index (χ1n) is 7.06. The lowest BCUT2D eigenvalue weighted by Crippen LogP contribution is -2.42. The first-order valence-corrected chi connectivity index (χ1v) is 7.06. The molecule has 1 rings (SSSR count). The fraction of sp³-hybridized carbons (Fsp3) is 0.786. The summed E-state index contributed by atoms with van der Waals surface area (Å²) >= 11 is 0. The van der Waals surface area contributed by atoms with Crippen molar-refractivity contribution in [3.63, 3.8) is 0 Å². The van der Waals surface area contributed by atoms with Crippen molar-refractivity contribution in [2.24, 2.45) is 11.3 Å². The lowest BCUT2D eigenvalue weighted by atomic mass is 9.76. The molecule has 7 nitrogen and oxygen atoms in total. The van der Waals surface area contributed by atoms with Crippen molar-refractivity contribution >= 4 is 18.0 Å². The molecule has 1 saturated heterocycles. The highest BCUT2D eigenvalue weighted by molar-refractivity contribution is 5.85. The molecule has 0 bridgehead atoms. The molecule has 1 aliphatic rings. The zero-order valence-corrected chi connectivity index (χ0v) is 13.0. The molecule has 1 fully saturated rings. The molecule has 2 amide bonds. The van der Waals surface area contributed by atoms with E-state index in [-0.39, 0.29) is 24.3 Å². The van der Waals surface area contributed by atoms with Gasteiger partial charge in [-0.3, -0.25) is 9.59 Å².